The maximum absolute atomic E-state index is 11.6. The minimum atomic E-state index is -0.266. The van der Waals surface area contributed by atoms with E-state index in [-0.39, 0.29) is 12.1 Å². The van der Waals surface area contributed by atoms with Crippen LogP contribution in [-0.2, 0) is 4.74 Å². The first-order valence-corrected chi connectivity index (χ1v) is 6.25. The summed E-state index contributed by atoms with van der Waals surface area (Å²) in [4.78, 5) is 12.2. The van der Waals surface area contributed by atoms with Crippen LogP contribution in [0.3, 0.4) is 0 Å². The Hall–Kier alpha value is -1.07. The first-order valence-electron chi connectivity index (χ1n) is 4.55. The maximum Gasteiger partial charge on any atom is 0.348 e. The van der Waals surface area contributed by atoms with Crippen molar-refractivity contribution >= 4 is 43.7 Å². The summed E-state index contributed by atoms with van der Waals surface area (Å²) in [7, 11) is 0. The van der Waals surface area contributed by atoms with Gasteiger partial charge in [0.2, 0.25) is 0 Å². The number of hydrogen-bond donors (Lipinski definition) is 1. The number of carbonyl (C=O) groups excluding carboxylic acids is 1. The van der Waals surface area contributed by atoms with Crippen molar-refractivity contribution in [3.05, 3.63) is 16.3 Å². The molecular formula is C10H11NO2S2. The Morgan fingerprint density at radius 3 is 2.87 bits per heavy atom. The highest BCUT2D eigenvalue weighted by molar-refractivity contribution is 7.38. The number of nitrogens with two attached hydrogens (primary N) is 1. The van der Waals surface area contributed by atoms with E-state index in [0.29, 0.717) is 4.88 Å². The van der Waals surface area contributed by atoms with Gasteiger partial charge in [-0.2, -0.15) is 0 Å². The molecule has 0 saturated carbocycles. The van der Waals surface area contributed by atoms with Gasteiger partial charge < -0.3 is 10.5 Å². The Kier molecular flexibility index (Phi) is 2.67. The molecule has 2 heterocycles. The third-order valence-electron chi connectivity index (χ3n) is 1.85. The Morgan fingerprint density at radius 2 is 2.27 bits per heavy atom. The first-order chi connectivity index (χ1) is 7.08. The van der Waals surface area contributed by atoms with Crippen LogP contribution in [0.15, 0.2) is 11.4 Å². The van der Waals surface area contributed by atoms with E-state index in [2.05, 4.69) is 0 Å². The molecule has 0 fully saturated rings. The SMILES string of the molecule is CC(C)OC(=O)c1cc2c(N)csc2s1. The number of nitrogen functional groups attached to an aromatic ring is 1. The van der Waals surface area contributed by atoms with Gasteiger partial charge in [-0.3, -0.25) is 0 Å². The second-order valence-corrected chi connectivity index (χ2v) is 5.65. The smallest absolute Gasteiger partial charge is 0.348 e. The van der Waals surface area contributed by atoms with E-state index in [1.165, 1.54) is 11.3 Å². The van der Waals surface area contributed by atoms with Crippen LogP contribution in [0.25, 0.3) is 9.40 Å². The third-order valence-corrected chi connectivity index (χ3v) is 4.10. The van der Waals surface area contributed by atoms with Crippen LogP contribution in [0, 0.1) is 0 Å². The fraction of sp³-hybridized carbons (Fsp3) is 0.300. The van der Waals surface area contributed by atoms with E-state index in [9.17, 15) is 4.79 Å². The Bertz CT molecular complexity index is 498. The first kappa shape index (κ1) is 10.4. The molecular weight excluding hydrogens is 230 g/mol. The summed E-state index contributed by atoms with van der Waals surface area (Å²) in [5.41, 5.74) is 6.49. The highest BCUT2D eigenvalue weighted by atomic mass is 32.2. The van der Waals surface area contributed by atoms with Crippen molar-refractivity contribution in [2.24, 2.45) is 0 Å². The van der Waals surface area contributed by atoms with Crippen LogP contribution >= 0.6 is 22.7 Å². The number of hydrogen-bond acceptors (Lipinski definition) is 5. The van der Waals surface area contributed by atoms with E-state index < -0.39 is 0 Å². The molecule has 80 valence electrons. The summed E-state index contributed by atoms with van der Waals surface area (Å²) in [6.45, 7) is 3.67. The van der Waals surface area contributed by atoms with E-state index in [1.807, 2.05) is 19.2 Å². The molecule has 0 atom stereocenters. The van der Waals surface area contributed by atoms with Gasteiger partial charge in [0.25, 0.3) is 0 Å². The predicted molar refractivity (Wildman–Crippen MR) is 64.7 cm³/mol. The zero-order chi connectivity index (χ0) is 11.0. The van der Waals surface area contributed by atoms with Gasteiger partial charge in [-0.05, 0) is 19.9 Å². The number of fused-ring (bicyclic) bond motifs is 1. The average Bonchev–Trinajstić information content (AvgIpc) is 2.67. The summed E-state index contributed by atoms with van der Waals surface area (Å²) in [5.74, 6) is -0.266. The number of ether oxygens (including phenoxy) is 1. The van der Waals surface area contributed by atoms with Crippen LogP contribution in [0.4, 0.5) is 5.69 Å². The van der Waals surface area contributed by atoms with Crippen molar-refractivity contribution in [2.75, 3.05) is 5.73 Å². The quantitative estimate of drug-likeness (QED) is 0.822. The summed E-state index contributed by atoms with van der Waals surface area (Å²) < 4.78 is 6.18. The largest absolute Gasteiger partial charge is 0.459 e. The predicted octanol–water partition coefficient (Wildman–Crippen LogP) is 3.11. The monoisotopic (exact) mass is 241 g/mol. The van der Waals surface area contributed by atoms with Gasteiger partial charge in [-0.25, -0.2) is 4.79 Å². The molecule has 0 unspecified atom stereocenters. The highest BCUT2D eigenvalue weighted by Crippen LogP contribution is 2.35. The Morgan fingerprint density at radius 1 is 1.53 bits per heavy atom. The zero-order valence-corrected chi connectivity index (χ0v) is 10.1. The second-order valence-electron chi connectivity index (χ2n) is 3.46. The van der Waals surface area contributed by atoms with Crippen LogP contribution < -0.4 is 5.73 Å². The van der Waals surface area contributed by atoms with E-state index in [1.54, 1.807) is 17.4 Å². The molecule has 3 nitrogen and oxygen atoms in total. The lowest BCUT2D eigenvalue weighted by atomic mass is 10.3. The molecule has 5 heteroatoms. The molecule has 2 N–H and O–H groups in total. The fourth-order valence-electron chi connectivity index (χ4n) is 1.22. The second kappa shape index (κ2) is 3.83. The normalized spacial score (nSPS) is 11.1. The van der Waals surface area contributed by atoms with Crippen LogP contribution in [0.2, 0.25) is 0 Å². The van der Waals surface area contributed by atoms with Crippen molar-refractivity contribution in [1.82, 2.24) is 0 Å². The summed E-state index contributed by atoms with van der Waals surface area (Å²) in [6, 6.07) is 1.80. The van der Waals surface area contributed by atoms with Crippen molar-refractivity contribution in [3.8, 4) is 0 Å². The molecule has 0 aromatic carbocycles. The lowest BCUT2D eigenvalue weighted by Crippen LogP contribution is -2.09. The molecule has 2 aromatic heterocycles. The number of carbonyl (C=O) groups is 1. The molecule has 0 aliphatic heterocycles. The lowest BCUT2D eigenvalue weighted by Gasteiger charge is -2.05. The topological polar surface area (TPSA) is 52.3 Å². The molecule has 0 aliphatic rings. The summed E-state index contributed by atoms with van der Waals surface area (Å²) >= 11 is 2.99. The van der Waals surface area contributed by atoms with Gasteiger partial charge in [0.1, 0.15) is 4.88 Å². The van der Waals surface area contributed by atoms with Crippen molar-refractivity contribution in [3.63, 3.8) is 0 Å². The van der Waals surface area contributed by atoms with Gasteiger partial charge >= 0.3 is 5.97 Å². The minimum Gasteiger partial charge on any atom is -0.459 e. The standard InChI is InChI=1S/C10H11NO2S2/c1-5(2)13-9(12)8-3-6-7(11)4-14-10(6)15-8/h3-5H,11H2,1-2H3. The van der Waals surface area contributed by atoms with Crippen molar-refractivity contribution in [1.29, 1.82) is 0 Å². The molecule has 15 heavy (non-hydrogen) atoms. The van der Waals surface area contributed by atoms with E-state index >= 15 is 0 Å². The molecule has 2 rings (SSSR count). The number of esters is 1. The number of anilines is 1. The van der Waals surface area contributed by atoms with Crippen molar-refractivity contribution < 1.29 is 9.53 Å². The molecule has 0 spiro atoms. The van der Waals surface area contributed by atoms with Gasteiger partial charge in [0.05, 0.1) is 15.8 Å². The Labute approximate surface area is 95.5 Å². The van der Waals surface area contributed by atoms with Gasteiger partial charge in [-0.15, -0.1) is 22.7 Å². The zero-order valence-electron chi connectivity index (χ0n) is 8.44. The fourth-order valence-corrected chi connectivity index (χ4v) is 3.28. The lowest BCUT2D eigenvalue weighted by molar-refractivity contribution is 0.0384. The minimum absolute atomic E-state index is 0.0880. The number of rotatable bonds is 2. The summed E-state index contributed by atoms with van der Waals surface area (Å²) in [6.07, 6.45) is -0.0880. The average molecular weight is 241 g/mol. The highest BCUT2D eigenvalue weighted by Gasteiger charge is 2.15. The van der Waals surface area contributed by atoms with Gasteiger partial charge in [0, 0.05) is 10.8 Å². The molecule has 0 saturated heterocycles. The van der Waals surface area contributed by atoms with Gasteiger partial charge in [-0.1, -0.05) is 0 Å². The molecule has 0 radical (unpaired) electrons. The molecule has 0 aliphatic carbocycles. The van der Waals surface area contributed by atoms with Gasteiger partial charge in [0.15, 0.2) is 0 Å². The maximum atomic E-state index is 11.6. The van der Waals surface area contributed by atoms with Crippen LogP contribution in [-0.4, -0.2) is 12.1 Å². The summed E-state index contributed by atoms with van der Waals surface area (Å²) in [5, 5.41) is 2.85. The molecule has 0 bridgehead atoms. The van der Waals surface area contributed by atoms with E-state index in [4.69, 9.17) is 10.5 Å². The van der Waals surface area contributed by atoms with Crippen molar-refractivity contribution in [2.45, 2.75) is 20.0 Å². The van der Waals surface area contributed by atoms with E-state index in [0.717, 1.165) is 15.1 Å². The molecule has 0 amide bonds. The van der Waals surface area contributed by atoms with Crippen LogP contribution in [0.1, 0.15) is 23.5 Å². The van der Waals surface area contributed by atoms with Crippen LogP contribution in [0.5, 0.6) is 0 Å². The Balaban J connectivity index is 2.32. The molecule has 2 aromatic rings. The third kappa shape index (κ3) is 1.98. The number of thiophene rings is 2.